The Morgan fingerprint density at radius 3 is 3.06 bits per heavy atom. The molecule has 1 aliphatic rings. The second-order valence-electron chi connectivity index (χ2n) is 3.66. The van der Waals surface area contributed by atoms with Crippen molar-refractivity contribution >= 4 is 17.6 Å². The van der Waals surface area contributed by atoms with Crippen LogP contribution in [0.25, 0.3) is 0 Å². The van der Waals surface area contributed by atoms with Crippen LogP contribution >= 0.6 is 11.6 Å². The molecule has 4 nitrogen and oxygen atoms in total. The molecule has 2 rings (SSSR count). The smallest absolute Gasteiger partial charge is 0.323 e. The van der Waals surface area contributed by atoms with Gasteiger partial charge in [0.15, 0.2) is 0 Å². The quantitative estimate of drug-likeness (QED) is 0.787. The number of cyclic esters (lactones) is 1. The van der Waals surface area contributed by atoms with Crippen molar-refractivity contribution in [3.63, 3.8) is 0 Å². The van der Waals surface area contributed by atoms with E-state index in [1.54, 1.807) is 12.1 Å². The topological polar surface area (TPSA) is 58.6 Å². The Bertz CT molecular complexity index is 408. The Hall–Kier alpha value is -1.26. The number of phenolic OH excluding ortho intramolecular Hbond substituents is 1. The molecule has 1 aliphatic heterocycles. The lowest BCUT2D eigenvalue weighted by Crippen LogP contribution is -2.32. The predicted octanol–water partition coefficient (Wildman–Crippen LogP) is 1.45. The summed E-state index contributed by atoms with van der Waals surface area (Å²) in [6, 6.07) is 4.54. The molecule has 5 heteroatoms. The number of nitrogens with one attached hydrogen (secondary N) is 1. The molecule has 0 saturated carbocycles. The fourth-order valence-corrected chi connectivity index (χ4v) is 1.80. The predicted molar refractivity (Wildman–Crippen MR) is 59.3 cm³/mol. The molecule has 0 amide bonds. The molecule has 1 heterocycles. The summed E-state index contributed by atoms with van der Waals surface area (Å²) < 4.78 is 4.82. The summed E-state index contributed by atoms with van der Waals surface area (Å²) >= 11 is 5.81. The second-order valence-corrected chi connectivity index (χ2v) is 4.10. The van der Waals surface area contributed by atoms with Crippen LogP contribution in [0, 0.1) is 0 Å². The maximum Gasteiger partial charge on any atom is 0.323 e. The third-order valence-electron chi connectivity index (χ3n) is 2.52. The van der Waals surface area contributed by atoms with Gasteiger partial charge < -0.3 is 15.2 Å². The van der Waals surface area contributed by atoms with Gasteiger partial charge in [-0.1, -0.05) is 11.6 Å². The number of esters is 1. The molecule has 2 N–H and O–H groups in total. The first-order valence-corrected chi connectivity index (χ1v) is 5.42. The number of rotatable bonds is 3. The van der Waals surface area contributed by atoms with Gasteiger partial charge >= 0.3 is 5.97 Å². The van der Waals surface area contributed by atoms with Gasteiger partial charge in [0.1, 0.15) is 11.8 Å². The number of halogens is 1. The normalized spacial score (nSPS) is 19.8. The van der Waals surface area contributed by atoms with Crippen LogP contribution in [0.5, 0.6) is 5.75 Å². The molecule has 0 spiro atoms. The van der Waals surface area contributed by atoms with Crippen molar-refractivity contribution in [3.05, 3.63) is 28.8 Å². The Labute approximate surface area is 98.2 Å². The van der Waals surface area contributed by atoms with Crippen molar-refractivity contribution in [1.82, 2.24) is 5.32 Å². The van der Waals surface area contributed by atoms with Crippen molar-refractivity contribution in [2.75, 3.05) is 6.61 Å². The molecule has 1 unspecified atom stereocenters. The molecular weight excluding hydrogens is 230 g/mol. The van der Waals surface area contributed by atoms with Crippen LogP contribution in [0.1, 0.15) is 12.0 Å². The van der Waals surface area contributed by atoms with E-state index >= 15 is 0 Å². The number of aromatic hydroxyl groups is 1. The van der Waals surface area contributed by atoms with Crippen molar-refractivity contribution in [3.8, 4) is 5.75 Å². The Morgan fingerprint density at radius 1 is 1.56 bits per heavy atom. The number of ether oxygens (including phenoxy) is 1. The largest absolute Gasteiger partial charge is 0.508 e. The highest BCUT2D eigenvalue weighted by Crippen LogP contribution is 2.21. The maximum atomic E-state index is 11.2. The molecule has 0 aromatic heterocycles. The van der Waals surface area contributed by atoms with Crippen molar-refractivity contribution in [2.24, 2.45) is 0 Å². The van der Waals surface area contributed by atoms with Gasteiger partial charge in [-0.05, 0) is 18.2 Å². The monoisotopic (exact) mass is 241 g/mol. The van der Waals surface area contributed by atoms with Crippen LogP contribution in [-0.2, 0) is 16.1 Å². The minimum Gasteiger partial charge on any atom is -0.508 e. The van der Waals surface area contributed by atoms with Crippen LogP contribution in [0.2, 0.25) is 5.02 Å². The van der Waals surface area contributed by atoms with E-state index in [4.69, 9.17) is 16.3 Å². The number of phenols is 1. The average molecular weight is 242 g/mol. The molecule has 0 bridgehead atoms. The highest BCUT2D eigenvalue weighted by atomic mass is 35.5. The van der Waals surface area contributed by atoms with Gasteiger partial charge in [-0.25, -0.2) is 0 Å². The first-order chi connectivity index (χ1) is 7.66. The minimum atomic E-state index is -0.279. The van der Waals surface area contributed by atoms with E-state index in [2.05, 4.69) is 5.32 Å². The van der Waals surface area contributed by atoms with Crippen LogP contribution in [0.3, 0.4) is 0 Å². The van der Waals surface area contributed by atoms with Gasteiger partial charge in [-0.15, -0.1) is 0 Å². The maximum absolute atomic E-state index is 11.2. The molecule has 1 aromatic carbocycles. The van der Waals surface area contributed by atoms with Crippen LogP contribution < -0.4 is 5.32 Å². The summed E-state index contributed by atoms with van der Waals surface area (Å²) in [5.41, 5.74) is 0.673. The van der Waals surface area contributed by atoms with Gasteiger partial charge in [-0.3, -0.25) is 4.79 Å². The lowest BCUT2D eigenvalue weighted by Gasteiger charge is -2.10. The summed E-state index contributed by atoms with van der Waals surface area (Å²) in [6.45, 7) is 0.851. The number of hydrogen-bond acceptors (Lipinski definition) is 4. The van der Waals surface area contributed by atoms with Crippen molar-refractivity contribution in [2.45, 2.75) is 19.0 Å². The van der Waals surface area contributed by atoms with Gasteiger partial charge in [0.25, 0.3) is 0 Å². The highest BCUT2D eigenvalue weighted by Gasteiger charge is 2.25. The molecule has 0 radical (unpaired) electrons. The van der Waals surface area contributed by atoms with Gasteiger partial charge in [0, 0.05) is 23.6 Å². The van der Waals surface area contributed by atoms with Crippen molar-refractivity contribution < 1.29 is 14.6 Å². The SMILES string of the molecule is O=C1OCCC1NCc1cc(Cl)ccc1O. The summed E-state index contributed by atoms with van der Waals surface area (Å²) in [4.78, 5) is 11.2. The summed E-state index contributed by atoms with van der Waals surface area (Å²) in [7, 11) is 0. The van der Waals surface area contributed by atoms with Gasteiger partial charge in [0.05, 0.1) is 6.61 Å². The summed E-state index contributed by atoms with van der Waals surface area (Å²) in [5, 5.41) is 13.1. The zero-order valence-corrected chi connectivity index (χ0v) is 9.33. The minimum absolute atomic E-state index is 0.170. The third-order valence-corrected chi connectivity index (χ3v) is 2.75. The number of hydrogen-bond donors (Lipinski definition) is 2. The van der Waals surface area contributed by atoms with Gasteiger partial charge in [-0.2, -0.15) is 0 Å². The fraction of sp³-hybridized carbons (Fsp3) is 0.364. The molecule has 1 aromatic rings. The zero-order chi connectivity index (χ0) is 11.5. The molecule has 1 atom stereocenters. The lowest BCUT2D eigenvalue weighted by atomic mass is 10.1. The summed E-state index contributed by atoms with van der Waals surface area (Å²) in [6.07, 6.45) is 0.667. The zero-order valence-electron chi connectivity index (χ0n) is 8.57. The first kappa shape index (κ1) is 11.2. The third kappa shape index (κ3) is 2.46. The number of carbonyl (C=O) groups is 1. The molecule has 0 aliphatic carbocycles. The highest BCUT2D eigenvalue weighted by molar-refractivity contribution is 6.30. The van der Waals surface area contributed by atoms with Crippen LogP contribution in [0.15, 0.2) is 18.2 Å². The Kier molecular flexibility index (Phi) is 3.31. The Balaban J connectivity index is 1.98. The van der Waals surface area contributed by atoms with E-state index in [0.29, 0.717) is 30.2 Å². The standard InChI is InChI=1S/C11H12ClNO3/c12-8-1-2-10(14)7(5-8)6-13-9-3-4-16-11(9)15/h1-2,5,9,13-14H,3-4,6H2. The average Bonchev–Trinajstić information content (AvgIpc) is 2.66. The van der Waals surface area contributed by atoms with Crippen LogP contribution in [0.4, 0.5) is 0 Å². The van der Waals surface area contributed by atoms with Crippen LogP contribution in [-0.4, -0.2) is 23.7 Å². The van der Waals surface area contributed by atoms with Gasteiger partial charge in [0.2, 0.25) is 0 Å². The van der Waals surface area contributed by atoms with E-state index in [1.807, 2.05) is 0 Å². The lowest BCUT2D eigenvalue weighted by molar-refractivity contribution is -0.139. The fourth-order valence-electron chi connectivity index (χ4n) is 1.61. The van der Waals surface area contributed by atoms with E-state index in [0.717, 1.165) is 0 Å². The van der Waals surface area contributed by atoms with E-state index in [9.17, 15) is 9.90 Å². The van der Waals surface area contributed by atoms with E-state index in [1.165, 1.54) is 6.07 Å². The molecule has 1 saturated heterocycles. The molecular formula is C11H12ClNO3. The van der Waals surface area contributed by atoms with E-state index < -0.39 is 0 Å². The Morgan fingerprint density at radius 2 is 2.38 bits per heavy atom. The molecule has 86 valence electrons. The summed E-state index contributed by atoms with van der Waals surface area (Å²) in [5.74, 6) is -0.0650. The number of carbonyl (C=O) groups excluding carboxylic acids is 1. The molecule has 16 heavy (non-hydrogen) atoms. The van der Waals surface area contributed by atoms with Crippen molar-refractivity contribution in [1.29, 1.82) is 0 Å². The number of benzene rings is 1. The van der Waals surface area contributed by atoms with E-state index in [-0.39, 0.29) is 17.8 Å². The first-order valence-electron chi connectivity index (χ1n) is 5.04. The molecule has 1 fully saturated rings. The second kappa shape index (κ2) is 4.72.